The van der Waals surface area contributed by atoms with E-state index in [9.17, 15) is 15.8 Å². The van der Waals surface area contributed by atoms with Gasteiger partial charge in [0.1, 0.15) is 0 Å². The highest BCUT2D eigenvalue weighted by molar-refractivity contribution is 6.11. The van der Waals surface area contributed by atoms with Gasteiger partial charge in [0.25, 0.3) is 0 Å². The molecule has 0 saturated carbocycles. The summed E-state index contributed by atoms with van der Waals surface area (Å²) < 4.78 is 4.49. The number of aromatic nitrogens is 2. The molecular formula is C45H25N5. The molecule has 0 aliphatic heterocycles. The quantitative estimate of drug-likeness (QED) is 0.193. The molecular weight excluding hydrogens is 611 g/mol. The normalized spacial score (nSPS) is 11.1. The van der Waals surface area contributed by atoms with Gasteiger partial charge in [-0.25, -0.2) is 0 Å². The van der Waals surface area contributed by atoms with E-state index in [4.69, 9.17) is 0 Å². The Kier molecular flexibility index (Phi) is 6.56. The third-order valence-electron chi connectivity index (χ3n) is 9.58. The van der Waals surface area contributed by atoms with Crippen LogP contribution in [0.5, 0.6) is 0 Å². The van der Waals surface area contributed by atoms with Crippen LogP contribution >= 0.6 is 0 Å². The van der Waals surface area contributed by atoms with Gasteiger partial charge in [-0.1, -0.05) is 66.7 Å². The van der Waals surface area contributed by atoms with E-state index < -0.39 is 0 Å². The van der Waals surface area contributed by atoms with Crippen molar-refractivity contribution in [3.8, 4) is 51.8 Å². The summed E-state index contributed by atoms with van der Waals surface area (Å²) in [6.07, 6.45) is 0. The molecule has 0 atom stereocenters. The van der Waals surface area contributed by atoms with Crippen LogP contribution in [0.25, 0.3) is 77.2 Å². The first-order valence-electron chi connectivity index (χ1n) is 16.3. The zero-order valence-electron chi connectivity index (χ0n) is 26.7. The smallest absolute Gasteiger partial charge is 0.0991 e. The van der Waals surface area contributed by atoms with E-state index in [0.29, 0.717) is 16.7 Å². The maximum absolute atomic E-state index is 9.95. The van der Waals surface area contributed by atoms with Gasteiger partial charge in [-0.15, -0.1) is 0 Å². The van der Waals surface area contributed by atoms with E-state index in [1.807, 2.05) is 48.5 Å². The molecule has 0 aliphatic rings. The maximum atomic E-state index is 9.95. The van der Waals surface area contributed by atoms with E-state index in [2.05, 4.69) is 130 Å². The van der Waals surface area contributed by atoms with Crippen molar-refractivity contribution in [2.75, 3.05) is 0 Å². The summed E-state index contributed by atoms with van der Waals surface area (Å²) in [4.78, 5) is 0. The van der Waals surface area contributed by atoms with Crippen molar-refractivity contribution in [1.82, 2.24) is 9.13 Å². The van der Waals surface area contributed by atoms with Gasteiger partial charge < -0.3 is 9.13 Å². The molecule has 0 aliphatic carbocycles. The third-order valence-corrected chi connectivity index (χ3v) is 9.58. The van der Waals surface area contributed by atoms with E-state index in [1.54, 1.807) is 0 Å². The first-order valence-corrected chi connectivity index (χ1v) is 16.3. The fourth-order valence-corrected chi connectivity index (χ4v) is 7.35. The Hall–Kier alpha value is -7.39. The Morgan fingerprint density at radius 3 is 1.48 bits per heavy atom. The molecule has 2 aromatic heterocycles. The molecule has 5 heteroatoms. The van der Waals surface area contributed by atoms with E-state index in [-0.39, 0.29) is 0 Å². The van der Waals surface area contributed by atoms with Crippen LogP contribution in [0.2, 0.25) is 0 Å². The summed E-state index contributed by atoms with van der Waals surface area (Å²) >= 11 is 0. The Morgan fingerprint density at radius 1 is 0.360 bits per heavy atom. The minimum absolute atomic E-state index is 0.574. The van der Waals surface area contributed by atoms with Gasteiger partial charge in [-0.05, 0) is 102 Å². The lowest BCUT2D eigenvalue weighted by molar-refractivity contribution is 1.18. The second-order valence-corrected chi connectivity index (χ2v) is 12.4. The molecule has 5 nitrogen and oxygen atoms in total. The molecule has 0 saturated heterocycles. The van der Waals surface area contributed by atoms with Crippen molar-refractivity contribution in [2.45, 2.75) is 0 Å². The van der Waals surface area contributed by atoms with Crippen LogP contribution in [-0.4, -0.2) is 9.13 Å². The molecule has 0 N–H and O–H groups in total. The number of nitriles is 3. The standard InChI is InChI=1S/C45H25N5/c46-26-29-15-18-43(50-41-13-3-1-11-36(41)37-12-2-4-14-42(37)50)38(21-29)34-9-5-7-32(24-34)33-8-6-10-35(25-33)49-44-19-16-30(27-47)22-39(44)40-23-31(28-48)17-20-45(40)49/h1-25H. The molecule has 2 heterocycles. The number of rotatable bonds is 4. The fraction of sp³-hybridized carbons (Fsp3) is 0. The lowest BCUT2D eigenvalue weighted by Crippen LogP contribution is -1.98. The average molecular weight is 636 g/mol. The van der Waals surface area contributed by atoms with Gasteiger partial charge in [-0.3, -0.25) is 0 Å². The average Bonchev–Trinajstić information content (AvgIpc) is 3.69. The number of fused-ring (bicyclic) bond motifs is 6. The minimum atomic E-state index is 0.574. The largest absolute Gasteiger partial charge is 0.309 e. The lowest BCUT2D eigenvalue weighted by Gasteiger charge is -2.16. The highest BCUT2D eigenvalue weighted by Gasteiger charge is 2.18. The number of benzene rings is 7. The molecule has 0 unspecified atom stereocenters. The summed E-state index contributed by atoms with van der Waals surface area (Å²) in [5.74, 6) is 0. The molecule has 7 aromatic carbocycles. The monoisotopic (exact) mass is 635 g/mol. The van der Waals surface area contributed by atoms with Gasteiger partial charge >= 0.3 is 0 Å². The van der Waals surface area contributed by atoms with Gasteiger partial charge in [-0.2, -0.15) is 15.8 Å². The van der Waals surface area contributed by atoms with Crippen molar-refractivity contribution in [1.29, 1.82) is 15.8 Å². The highest BCUT2D eigenvalue weighted by Crippen LogP contribution is 2.39. The summed E-state index contributed by atoms with van der Waals surface area (Å²) in [5, 5.41) is 33.4. The zero-order valence-corrected chi connectivity index (χ0v) is 26.7. The van der Waals surface area contributed by atoms with Gasteiger partial charge in [0.2, 0.25) is 0 Å². The Labute approximate surface area is 287 Å². The molecule has 50 heavy (non-hydrogen) atoms. The summed E-state index contributed by atoms with van der Waals surface area (Å²) in [6.45, 7) is 0. The fourth-order valence-electron chi connectivity index (χ4n) is 7.35. The first-order chi connectivity index (χ1) is 24.6. The van der Waals surface area contributed by atoms with Crippen molar-refractivity contribution in [3.05, 3.63) is 168 Å². The SMILES string of the molecule is N#Cc1ccc(-n2c3ccccc3c3ccccc32)c(-c2cccc(-c3cccc(-n4c5ccc(C#N)cc5c5cc(C#N)ccc54)c3)c2)c1. The number of nitrogens with zero attached hydrogens (tertiary/aromatic N) is 5. The number of hydrogen-bond acceptors (Lipinski definition) is 3. The van der Waals surface area contributed by atoms with Crippen molar-refractivity contribution in [3.63, 3.8) is 0 Å². The molecule has 0 radical (unpaired) electrons. The van der Waals surface area contributed by atoms with E-state index in [0.717, 1.165) is 66.5 Å². The van der Waals surface area contributed by atoms with Gasteiger partial charge in [0, 0.05) is 32.8 Å². The predicted molar refractivity (Wildman–Crippen MR) is 200 cm³/mol. The Balaban J connectivity index is 1.22. The summed E-state index contributed by atoms with van der Waals surface area (Å²) in [5.41, 5.74) is 11.9. The van der Waals surface area contributed by atoms with Crippen LogP contribution in [0.3, 0.4) is 0 Å². The van der Waals surface area contributed by atoms with E-state index >= 15 is 0 Å². The molecule has 0 amide bonds. The van der Waals surface area contributed by atoms with Crippen LogP contribution in [0.1, 0.15) is 16.7 Å². The molecule has 9 aromatic rings. The molecule has 0 bridgehead atoms. The second kappa shape index (κ2) is 11.4. The van der Waals surface area contributed by atoms with Crippen molar-refractivity contribution in [2.24, 2.45) is 0 Å². The summed E-state index contributed by atoms with van der Waals surface area (Å²) in [6, 6.07) is 58.0. The van der Waals surface area contributed by atoms with Crippen LogP contribution in [-0.2, 0) is 0 Å². The van der Waals surface area contributed by atoms with Crippen LogP contribution in [0.4, 0.5) is 0 Å². The topological polar surface area (TPSA) is 81.2 Å². The number of hydrogen-bond donors (Lipinski definition) is 0. The number of para-hydroxylation sites is 2. The lowest BCUT2D eigenvalue weighted by atomic mass is 9.96. The molecule has 230 valence electrons. The summed E-state index contributed by atoms with van der Waals surface area (Å²) in [7, 11) is 0. The molecule has 9 rings (SSSR count). The highest BCUT2D eigenvalue weighted by atomic mass is 15.0. The van der Waals surface area contributed by atoms with E-state index in [1.165, 1.54) is 10.8 Å². The maximum Gasteiger partial charge on any atom is 0.0991 e. The second-order valence-electron chi connectivity index (χ2n) is 12.4. The molecule has 0 fully saturated rings. The molecule has 0 spiro atoms. The van der Waals surface area contributed by atoms with Gasteiger partial charge in [0.15, 0.2) is 0 Å². The Morgan fingerprint density at radius 2 is 0.860 bits per heavy atom. The minimum Gasteiger partial charge on any atom is -0.309 e. The zero-order chi connectivity index (χ0) is 33.8. The van der Waals surface area contributed by atoms with Crippen LogP contribution < -0.4 is 0 Å². The predicted octanol–water partition coefficient (Wildman–Crippen LogP) is 10.8. The van der Waals surface area contributed by atoms with Crippen LogP contribution in [0.15, 0.2) is 152 Å². The van der Waals surface area contributed by atoms with Gasteiger partial charge in [0.05, 0.1) is 62.7 Å². The first kappa shape index (κ1) is 28.8. The van der Waals surface area contributed by atoms with Crippen molar-refractivity contribution >= 4 is 43.6 Å². The third kappa shape index (κ3) is 4.45. The Bertz CT molecular complexity index is 2850. The van der Waals surface area contributed by atoms with Crippen LogP contribution in [0, 0.1) is 34.0 Å². The van der Waals surface area contributed by atoms with Crippen molar-refractivity contribution < 1.29 is 0 Å².